The summed E-state index contributed by atoms with van der Waals surface area (Å²) in [6, 6.07) is 0. The second-order valence-electron chi connectivity index (χ2n) is 4.87. The minimum Gasteiger partial charge on any atom is -0.466 e. The fourth-order valence-electron chi connectivity index (χ4n) is 1.46. The van der Waals surface area contributed by atoms with Crippen molar-refractivity contribution < 1.29 is 19.1 Å². The van der Waals surface area contributed by atoms with Gasteiger partial charge in [0.15, 0.2) is 5.13 Å². The van der Waals surface area contributed by atoms with Crippen LogP contribution in [0.3, 0.4) is 0 Å². The van der Waals surface area contributed by atoms with Gasteiger partial charge in [-0.2, -0.15) is 0 Å². The molecule has 0 bridgehead atoms. The summed E-state index contributed by atoms with van der Waals surface area (Å²) in [5.41, 5.74) is 0.581. The summed E-state index contributed by atoms with van der Waals surface area (Å²) in [5.74, 6) is -0.801. The van der Waals surface area contributed by atoms with Crippen LogP contribution in [0.25, 0.3) is 0 Å². The molecule has 0 aliphatic rings. The molecule has 1 aromatic rings. The lowest BCUT2D eigenvalue weighted by Crippen LogP contribution is -2.28. The Balaban J connectivity index is 2.34. The van der Waals surface area contributed by atoms with Crippen LogP contribution in [-0.4, -0.2) is 35.9 Å². The molecule has 0 aromatic carbocycles. The van der Waals surface area contributed by atoms with Crippen LogP contribution in [0.4, 0.5) is 5.13 Å². The number of hydrogen-bond donors (Lipinski definition) is 2. The van der Waals surface area contributed by atoms with E-state index in [1.54, 1.807) is 26.2 Å². The van der Waals surface area contributed by atoms with E-state index in [9.17, 15) is 14.4 Å². The predicted octanol–water partition coefficient (Wildman–Crippen LogP) is 1.35. The van der Waals surface area contributed by atoms with E-state index in [-0.39, 0.29) is 43.1 Å². The van der Waals surface area contributed by atoms with Crippen molar-refractivity contribution in [2.24, 2.45) is 5.92 Å². The lowest BCUT2D eigenvalue weighted by Gasteiger charge is -2.04. The second-order valence-corrected chi connectivity index (χ2v) is 5.73. The summed E-state index contributed by atoms with van der Waals surface area (Å²) in [4.78, 5) is 38.5. The largest absolute Gasteiger partial charge is 0.466 e. The molecule has 1 aromatic heterocycles. The van der Waals surface area contributed by atoms with Crippen molar-refractivity contribution in [1.82, 2.24) is 10.3 Å². The van der Waals surface area contributed by atoms with E-state index < -0.39 is 0 Å². The third kappa shape index (κ3) is 6.66. The standard InChI is InChI=1S/C14H21N3O4S/c1-4-21-12(19)5-6-15-11(18)7-10-8-22-14(16-10)17-13(20)9(2)3/h8-9H,4-7H2,1-3H3,(H,15,18)(H,16,17,20). The Kier molecular flexibility index (Phi) is 7.51. The van der Waals surface area contributed by atoms with Gasteiger partial charge in [0.25, 0.3) is 0 Å². The number of nitrogens with one attached hydrogen (secondary N) is 2. The first-order valence-electron chi connectivity index (χ1n) is 7.10. The summed E-state index contributed by atoms with van der Waals surface area (Å²) in [6.07, 6.45) is 0.253. The van der Waals surface area contributed by atoms with Crippen molar-refractivity contribution in [2.45, 2.75) is 33.6 Å². The summed E-state index contributed by atoms with van der Waals surface area (Å²) < 4.78 is 4.76. The van der Waals surface area contributed by atoms with Crippen LogP contribution in [0, 0.1) is 5.92 Å². The van der Waals surface area contributed by atoms with Gasteiger partial charge >= 0.3 is 5.97 Å². The Hall–Kier alpha value is -1.96. The number of ether oxygens (including phenoxy) is 1. The molecule has 0 atom stereocenters. The third-order valence-electron chi connectivity index (χ3n) is 2.60. The monoisotopic (exact) mass is 327 g/mol. The molecule has 2 N–H and O–H groups in total. The van der Waals surface area contributed by atoms with Crippen LogP contribution >= 0.6 is 11.3 Å². The van der Waals surface area contributed by atoms with Gasteiger partial charge in [-0.3, -0.25) is 14.4 Å². The van der Waals surface area contributed by atoms with Gasteiger partial charge in [-0.05, 0) is 6.92 Å². The van der Waals surface area contributed by atoms with E-state index in [2.05, 4.69) is 15.6 Å². The van der Waals surface area contributed by atoms with Gasteiger partial charge in [-0.25, -0.2) is 4.98 Å². The molecular formula is C14H21N3O4S. The van der Waals surface area contributed by atoms with Gasteiger partial charge in [0.1, 0.15) is 0 Å². The third-order valence-corrected chi connectivity index (χ3v) is 3.41. The second kappa shape index (κ2) is 9.14. The molecule has 22 heavy (non-hydrogen) atoms. The zero-order valence-corrected chi connectivity index (χ0v) is 13.8. The Morgan fingerprint density at radius 2 is 2.09 bits per heavy atom. The van der Waals surface area contributed by atoms with Crippen molar-refractivity contribution in [1.29, 1.82) is 0 Å². The lowest BCUT2D eigenvalue weighted by atomic mass is 10.2. The average molecular weight is 327 g/mol. The Morgan fingerprint density at radius 1 is 1.36 bits per heavy atom. The zero-order chi connectivity index (χ0) is 16.5. The van der Waals surface area contributed by atoms with Gasteiger partial charge in [-0.15, -0.1) is 11.3 Å². The first kappa shape index (κ1) is 18.1. The number of hydrogen-bond acceptors (Lipinski definition) is 6. The van der Waals surface area contributed by atoms with Gasteiger partial charge in [0.2, 0.25) is 11.8 Å². The van der Waals surface area contributed by atoms with Crippen molar-refractivity contribution in [3.05, 3.63) is 11.1 Å². The van der Waals surface area contributed by atoms with E-state index in [0.717, 1.165) is 0 Å². The quantitative estimate of drug-likeness (QED) is 0.702. The lowest BCUT2D eigenvalue weighted by molar-refractivity contribution is -0.143. The van der Waals surface area contributed by atoms with Gasteiger partial charge < -0.3 is 15.4 Å². The predicted molar refractivity (Wildman–Crippen MR) is 83.5 cm³/mol. The van der Waals surface area contributed by atoms with Crippen LogP contribution in [0.5, 0.6) is 0 Å². The zero-order valence-electron chi connectivity index (χ0n) is 13.0. The summed E-state index contributed by atoms with van der Waals surface area (Å²) in [5, 5.41) is 7.51. The number of anilines is 1. The highest BCUT2D eigenvalue weighted by atomic mass is 32.1. The topological polar surface area (TPSA) is 97.4 Å². The smallest absolute Gasteiger partial charge is 0.307 e. The maximum Gasteiger partial charge on any atom is 0.307 e. The average Bonchev–Trinajstić information content (AvgIpc) is 2.86. The molecule has 0 fully saturated rings. The molecule has 0 saturated heterocycles. The highest BCUT2D eigenvalue weighted by Crippen LogP contribution is 2.16. The summed E-state index contributed by atoms with van der Waals surface area (Å²) in [7, 11) is 0. The van der Waals surface area contributed by atoms with Crippen LogP contribution in [0.15, 0.2) is 5.38 Å². The molecule has 0 aliphatic carbocycles. The number of carbonyl (C=O) groups excluding carboxylic acids is 3. The van der Waals surface area contributed by atoms with Crippen molar-refractivity contribution in [3.63, 3.8) is 0 Å². The number of rotatable bonds is 8. The van der Waals surface area contributed by atoms with Gasteiger partial charge in [0.05, 0.1) is 25.1 Å². The van der Waals surface area contributed by atoms with E-state index >= 15 is 0 Å². The van der Waals surface area contributed by atoms with Crippen LogP contribution < -0.4 is 10.6 Å². The molecule has 0 unspecified atom stereocenters. The highest BCUT2D eigenvalue weighted by Gasteiger charge is 2.12. The summed E-state index contributed by atoms with van der Waals surface area (Å²) >= 11 is 1.28. The first-order chi connectivity index (χ1) is 10.4. The summed E-state index contributed by atoms with van der Waals surface area (Å²) in [6.45, 7) is 5.88. The van der Waals surface area contributed by atoms with Gasteiger partial charge in [0, 0.05) is 17.8 Å². The Labute approximate surface area is 133 Å². The van der Waals surface area contributed by atoms with Crippen LogP contribution in [0.1, 0.15) is 32.9 Å². The van der Waals surface area contributed by atoms with E-state index in [0.29, 0.717) is 17.4 Å². The molecular weight excluding hydrogens is 306 g/mol. The fraction of sp³-hybridized carbons (Fsp3) is 0.571. The molecule has 2 amide bonds. The highest BCUT2D eigenvalue weighted by molar-refractivity contribution is 7.13. The molecule has 7 nitrogen and oxygen atoms in total. The molecule has 0 aliphatic heterocycles. The number of thiazole rings is 1. The minimum absolute atomic E-state index is 0.108. The maximum absolute atomic E-state index is 11.7. The molecule has 8 heteroatoms. The van der Waals surface area contributed by atoms with Crippen LogP contribution in [-0.2, 0) is 25.5 Å². The number of aromatic nitrogens is 1. The van der Waals surface area contributed by atoms with E-state index in [1.165, 1.54) is 11.3 Å². The normalized spacial score (nSPS) is 10.4. The van der Waals surface area contributed by atoms with Crippen molar-refractivity contribution in [2.75, 3.05) is 18.5 Å². The first-order valence-corrected chi connectivity index (χ1v) is 7.98. The maximum atomic E-state index is 11.7. The van der Waals surface area contributed by atoms with Crippen LogP contribution in [0.2, 0.25) is 0 Å². The number of esters is 1. The SMILES string of the molecule is CCOC(=O)CCNC(=O)Cc1csc(NC(=O)C(C)C)n1. The van der Waals surface area contributed by atoms with E-state index in [4.69, 9.17) is 4.74 Å². The number of carbonyl (C=O) groups is 3. The minimum atomic E-state index is -0.338. The molecule has 0 spiro atoms. The molecule has 0 saturated carbocycles. The van der Waals surface area contributed by atoms with Crippen molar-refractivity contribution >= 4 is 34.3 Å². The fourth-order valence-corrected chi connectivity index (χ4v) is 2.17. The van der Waals surface area contributed by atoms with Crippen molar-refractivity contribution in [3.8, 4) is 0 Å². The number of amides is 2. The van der Waals surface area contributed by atoms with Gasteiger partial charge in [-0.1, -0.05) is 13.8 Å². The van der Waals surface area contributed by atoms with E-state index in [1.807, 2.05) is 0 Å². The molecule has 1 rings (SSSR count). The molecule has 1 heterocycles. The Bertz CT molecular complexity index is 528. The molecule has 122 valence electrons. The molecule has 0 radical (unpaired) electrons. The Morgan fingerprint density at radius 3 is 2.73 bits per heavy atom. The number of nitrogens with zero attached hydrogens (tertiary/aromatic N) is 1.